The number of benzene rings is 1. The van der Waals surface area contributed by atoms with Gasteiger partial charge >= 0.3 is 0 Å². The molecule has 3 atom stereocenters. The van der Waals surface area contributed by atoms with Crippen molar-refractivity contribution in [2.75, 3.05) is 26.2 Å². The molecule has 1 heterocycles. The molecule has 8 nitrogen and oxygen atoms in total. The lowest BCUT2D eigenvalue weighted by molar-refractivity contribution is -0.133. The lowest BCUT2D eigenvalue weighted by atomic mass is 9.86. The first-order chi connectivity index (χ1) is 15.1. The molecule has 1 saturated carbocycles. The summed E-state index contributed by atoms with van der Waals surface area (Å²) in [6.07, 6.45) is 1.58. The normalized spacial score (nSPS) is 24.7. The first kappa shape index (κ1) is 24.1. The van der Waals surface area contributed by atoms with Gasteiger partial charge in [0.25, 0.3) is 5.91 Å². The van der Waals surface area contributed by atoms with Gasteiger partial charge in [-0.05, 0) is 51.3 Å². The molecule has 3 amide bonds. The summed E-state index contributed by atoms with van der Waals surface area (Å²) in [5.74, 6) is -1.43. The number of aliphatic hydroxyl groups excluding tert-OH is 1. The molecule has 9 heteroatoms. The van der Waals surface area contributed by atoms with Crippen LogP contribution < -0.4 is 10.6 Å². The van der Waals surface area contributed by atoms with Crippen molar-refractivity contribution in [3.63, 3.8) is 0 Å². The van der Waals surface area contributed by atoms with Crippen LogP contribution in [0.25, 0.3) is 0 Å². The second-order valence-corrected chi connectivity index (χ2v) is 9.20. The summed E-state index contributed by atoms with van der Waals surface area (Å²) in [5.41, 5.74) is -1.11. The molecule has 3 rings (SSSR count). The number of carbonyl (C=O) groups is 3. The Hall–Kier alpha value is -2.52. The number of rotatable bonds is 5. The van der Waals surface area contributed by atoms with Gasteiger partial charge in [0.15, 0.2) is 0 Å². The van der Waals surface area contributed by atoms with Gasteiger partial charge in [0.1, 0.15) is 11.4 Å². The Kier molecular flexibility index (Phi) is 7.51. The zero-order valence-electron chi connectivity index (χ0n) is 18.9. The molecule has 1 aromatic rings. The van der Waals surface area contributed by atoms with E-state index in [1.165, 1.54) is 18.2 Å². The highest BCUT2D eigenvalue weighted by molar-refractivity contribution is 5.99. The number of carbonyl (C=O) groups excluding carboxylic acids is 3. The summed E-state index contributed by atoms with van der Waals surface area (Å²) in [6, 6.07) is 4.76. The zero-order chi connectivity index (χ0) is 23.5. The number of aliphatic hydroxyl groups is 1. The molecule has 1 saturated heterocycles. The molecule has 0 radical (unpaired) electrons. The van der Waals surface area contributed by atoms with E-state index in [4.69, 9.17) is 0 Å². The van der Waals surface area contributed by atoms with Crippen LogP contribution in [0.3, 0.4) is 0 Å². The number of amides is 3. The van der Waals surface area contributed by atoms with E-state index >= 15 is 0 Å². The van der Waals surface area contributed by atoms with E-state index < -0.39 is 35.3 Å². The lowest BCUT2D eigenvalue weighted by Gasteiger charge is -2.45. The highest BCUT2D eigenvalue weighted by Crippen LogP contribution is 2.25. The standard InChI is InChI=1S/C23H33FN4O4/c1-15(29)27-10-12-28(13-11-27)19-9-5-8-18(20(19)30)25-22(32)23(2,3)26-21(31)16-6-4-7-17(24)14-16/h4,6-7,14,18-20,30H,5,8-13H2,1-3H3,(H,25,32)(H,26,31)/t18-,19-,20-/m1/s1. The Morgan fingerprint density at radius 3 is 2.44 bits per heavy atom. The van der Waals surface area contributed by atoms with Crippen LogP contribution in [0.15, 0.2) is 24.3 Å². The van der Waals surface area contributed by atoms with Crippen molar-refractivity contribution in [1.29, 1.82) is 0 Å². The highest BCUT2D eigenvalue weighted by Gasteiger charge is 2.39. The van der Waals surface area contributed by atoms with Gasteiger partial charge in [-0.2, -0.15) is 0 Å². The van der Waals surface area contributed by atoms with Gasteiger partial charge in [-0.3, -0.25) is 19.3 Å². The van der Waals surface area contributed by atoms with Crippen molar-refractivity contribution in [2.24, 2.45) is 0 Å². The molecule has 2 aliphatic rings. The SMILES string of the molecule is CC(=O)N1CCN([C@@H]2CCC[C@@H](NC(=O)C(C)(C)NC(=O)c3cccc(F)c3)[C@H]2O)CC1. The van der Waals surface area contributed by atoms with Crippen molar-refractivity contribution >= 4 is 17.7 Å². The molecular formula is C23H33FN4O4. The molecule has 32 heavy (non-hydrogen) atoms. The Balaban J connectivity index is 1.58. The minimum Gasteiger partial charge on any atom is -0.389 e. The Bertz CT molecular complexity index is 854. The summed E-state index contributed by atoms with van der Waals surface area (Å²) < 4.78 is 13.4. The molecule has 1 aromatic carbocycles. The maximum atomic E-state index is 13.4. The van der Waals surface area contributed by atoms with Gasteiger partial charge in [0.2, 0.25) is 11.8 Å². The van der Waals surface area contributed by atoms with Crippen LogP contribution >= 0.6 is 0 Å². The van der Waals surface area contributed by atoms with Crippen LogP contribution in [0.2, 0.25) is 0 Å². The second kappa shape index (κ2) is 9.95. The van der Waals surface area contributed by atoms with Gasteiger partial charge in [0.05, 0.1) is 12.1 Å². The third-order valence-corrected chi connectivity index (χ3v) is 6.45. The molecule has 176 valence electrons. The van der Waals surface area contributed by atoms with Crippen LogP contribution in [0, 0.1) is 5.82 Å². The minimum absolute atomic E-state index is 0.0569. The lowest BCUT2D eigenvalue weighted by Crippen LogP contribution is -2.63. The van der Waals surface area contributed by atoms with E-state index in [-0.39, 0.29) is 17.5 Å². The van der Waals surface area contributed by atoms with Gasteiger partial charge in [-0.15, -0.1) is 0 Å². The summed E-state index contributed by atoms with van der Waals surface area (Å²) in [7, 11) is 0. The molecule has 1 aliphatic heterocycles. The number of piperazine rings is 1. The number of hydrogen-bond donors (Lipinski definition) is 3. The fourth-order valence-electron chi connectivity index (χ4n) is 4.47. The summed E-state index contributed by atoms with van der Waals surface area (Å²) in [6.45, 7) is 7.36. The molecule has 3 N–H and O–H groups in total. The fourth-order valence-corrected chi connectivity index (χ4v) is 4.47. The molecule has 0 aromatic heterocycles. The van der Waals surface area contributed by atoms with E-state index in [2.05, 4.69) is 15.5 Å². The average molecular weight is 449 g/mol. The zero-order valence-corrected chi connectivity index (χ0v) is 18.9. The van der Waals surface area contributed by atoms with Crippen LogP contribution in [0.5, 0.6) is 0 Å². The van der Waals surface area contributed by atoms with Crippen LogP contribution in [-0.4, -0.2) is 82.5 Å². The topological polar surface area (TPSA) is 102 Å². The average Bonchev–Trinajstić information content (AvgIpc) is 2.75. The maximum Gasteiger partial charge on any atom is 0.252 e. The minimum atomic E-state index is -1.25. The Labute approximate surface area is 188 Å². The number of nitrogens with one attached hydrogen (secondary N) is 2. The van der Waals surface area contributed by atoms with Crippen LogP contribution in [0.4, 0.5) is 4.39 Å². The quantitative estimate of drug-likeness (QED) is 0.621. The summed E-state index contributed by atoms with van der Waals surface area (Å²) in [5, 5.41) is 16.5. The fraction of sp³-hybridized carbons (Fsp3) is 0.609. The third-order valence-electron chi connectivity index (χ3n) is 6.45. The first-order valence-electron chi connectivity index (χ1n) is 11.1. The van der Waals surface area contributed by atoms with Crippen molar-refractivity contribution in [1.82, 2.24) is 20.4 Å². The van der Waals surface area contributed by atoms with Crippen LogP contribution in [0.1, 0.15) is 50.4 Å². The smallest absolute Gasteiger partial charge is 0.252 e. The predicted molar refractivity (Wildman–Crippen MR) is 117 cm³/mol. The van der Waals surface area contributed by atoms with E-state index in [9.17, 15) is 23.9 Å². The van der Waals surface area contributed by atoms with Gasteiger partial charge < -0.3 is 20.6 Å². The summed E-state index contributed by atoms with van der Waals surface area (Å²) in [4.78, 5) is 41.0. The Morgan fingerprint density at radius 2 is 1.81 bits per heavy atom. The number of hydrogen-bond acceptors (Lipinski definition) is 5. The van der Waals surface area contributed by atoms with Crippen molar-refractivity contribution in [3.05, 3.63) is 35.6 Å². The van der Waals surface area contributed by atoms with Crippen molar-refractivity contribution < 1.29 is 23.9 Å². The summed E-state index contributed by atoms with van der Waals surface area (Å²) >= 11 is 0. The second-order valence-electron chi connectivity index (χ2n) is 9.20. The van der Waals surface area contributed by atoms with Crippen molar-refractivity contribution in [3.8, 4) is 0 Å². The molecule has 0 spiro atoms. The largest absolute Gasteiger partial charge is 0.389 e. The monoisotopic (exact) mass is 448 g/mol. The van der Waals surface area contributed by atoms with Gasteiger partial charge in [-0.1, -0.05) is 6.07 Å². The first-order valence-corrected chi connectivity index (χ1v) is 11.1. The molecule has 0 unspecified atom stereocenters. The van der Waals surface area contributed by atoms with E-state index in [0.29, 0.717) is 32.6 Å². The van der Waals surface area contributed by atoms with E-state index in [0.717, 1.165) is 18.9 Å². The number of halogens is 1. The highest BCUT2D eigenvalue weighted by atomic mass is 19.1. The number of nitrogens with zero attached hydrogens (tertiary/aromatic N) is 2. The van der Waals surface area contributed by atoms with Gasteiger partial charge in [0, 0.05) is 44.7 Å². The molecule has 1 aliphatic carbocycles. The van der Waals surface area contributed by atoms with E-state index in [1.54, 1.807) is 25.7 Å². The van der Waals surface area contributed by atoms with Gasteiger partial charge in [-0.25, -0.2) is 4.39 Å². The molecule has 0 bridgehead atoms. The molecular weight excluding hydrogens is 415 g/mol. The third kappa shape index (κ3) is 5.63. The van der Waals surface area contributed by atoms with Crippen molar-refractivity contribution in [2.45, 2.75) is 63.8 Å². The molecule has 2 fully saturated rings. The van der Waals surface area contributed by atoms with Crippen LogP contribution in [-0.2, 0) is 9.59 Å². The predicted octanol–water partition coefficient (Wildman–Crippen LogP) is 0.896. The van der Waals surface area contributed by atoms with E-state index in [1.807, 2.05) is 0 Å². The maximum absolute atomic E-state index is 13.4. The Morgan fingerprint density at radius 1 is 1.12 bits per heavy atom.